The molecule has 2 aromatic rings. The summed E-state index contributed by atoms with van der Waals surface area (Å²) >= 11 is 0. The van der Waals surface area contributed by atoms with Crippen LogP contribution in [0.2, 0.25) is 0 Å². The van der Waals surface area contributed by atoms with E-state index in [-0.39, 0.29) is 5.91 Å². The maximum Gasteiger partial charge on any atom is 0.254 e. The molecule has 0 N–H and O–H groups in total. The first-order valence-corrected chi connectivity index (χ1v) is 8.48. The number of likely N-dealkylation sites (tertiary alicyclic amines) is 1. The number of hydrogen-bond donors (Lipinski definition) is 0. The molecule has 1 heterocycles. The molecule has 0 spiro atoms. The number of piperidine rings is 1. The number of carbonyl (C=O) groups excluding carboxylic acids is 1. The largest absolute Gasteiger partial charge is 0.338 e. The van der Waals surface area contributed by atoms with E-state index in [1.165, 1.54) is 5.56 Å². The normalized spacial score (nSPS) is 24.3. The number of nitrogens with zero attached hydrogens (tertiary/aromatic N) is 1. The predicted molar refractivity (Wildman–Crippen MR) is 92.4 cm³/mol. The summed E-state index contributed by atoms with van der Waals surface area (Å²) in [5.41, 5.74) is 3.69. The number of benzene rings is 2. The van der Waals surface area contributed by atoms with Crippen LogP contribution < -0.4 is 0 Å². The molecule has 2 atom stereocenters. The molecule has 4 rings (SSSR count). The van der Waals surface area contributed by atoms with E-state index in [4.69, 9.17) is 0 Å². The fraction of sp³-hybridized carbons (Fsp3) is 0.381. The zero-order valence-electron chi connectivity index (χ0n) is 13.8. The standard InChI is InChI=1S/C21H23NO/c1-21(2)18-13-22(14-19(18)21)20(23)17-11-7-6-10-16(17)12-15-8-4-3-5-9-15/h3-11,18-19H,12-14H2,1-2H3. The summed E-state index contributed by atoms with van der Waals surface area (Å²) in [4.78, 5) is 15.0. The van der Waals surface area contributed by atoms with Crippen LogP contribution in [-0.2, 0) is 6.42 Å². The third-order valence-corrected chi connectivity index (χ3v) is 5.89. The van der Waals surface area contributed by atoms with Crippen molar-refractivity contribution < 1.29 is 4.79 Å². The Balaban J connectivity index is 1.54. The maximum atomic E-state index is 13.0. The van der Waals surface area contributed by atoms with Gasteiger partial charge in [0.2, 0.25) is 0 Å². The molecule has 2 nitrogen and oxygen atoms in total. The highest BCUT2D eigenvalue weighted by Gasteiger charge is 2.62. The van der Waals surface area contributed by atoms with Gasteiger partial charge >= 0.3 is 0 Å². The molecule has 2 unspecified atom stereocenters. The average Bonchev–Trinajstić information content (AvgIpc) is 2.93. The molecule has 0 aromatic heterocycles. The summed E-state index contributed by atoms with van der Waals surface area (Å²) in [5.74, 6) is 1.61. The van der Waals surface area contributed by atoms with Crippen molar-refractivity contribution in [1.82, 2.24) is 4.90 Å². The third-order valence-electron chi connectivity index (χ3n) is 5.89. The van der Waals surface area contributed by atoms with Gasteiger partial charge in [-0.25, -0.2) is 0 Å². The lowest BCUT2D eigenvalue weighted by molar-refractivity contribution is 0.0757. The average molecular weight is 305 g/mol. The van der Waals surface area contributed by atoms with Crippen LogP contribution in [-0.4, -0.2) is 23.9 Å². The van der Waals surface area contributed by atoms with Crippen LogP contribution in [0.3, 0.4) is 0 Å². The number of carbonyl (C=O) groups is 1. The van der Waals surface area contributed by atoms with Crippen molar-refractivity contribution in [3.63, 3.8) is 0 Å². The summed E-state index contributed by atoms with van der Waals surface area (Å²) < 4.78 is 0. The highest BCUT2D eigenvalue weighted by molar-refractivity contribution is 5.96. The fourth-order valence-electron chi connectivity index (χ4n) is 4.17. The Morgan fingerprint density at radius 3 is 2.30 bits per heavy atom. The molecule has 2 heteroatoms. The second-order valence-electron chi connectivity index (χ2n) is 7.56. The summed E-state index contributed by atoms with van der Waals surface area (Å²) in [6, 6.07) is 18.4. The van der Waals surface area contributed by atoms with Gasteiger partial charge in [-0.3, -0.25) is 4.79 Å². The first-order chi connectivity index (χ1) is 11.1. The van der Waals surface area contributed by atoms with Gasteiger partial charge in [0.15, 0.2) is 0 Å². The van der Waals surface area contributed by atoms with Crippen molar-refractivity contribution in [2.24, 2.45) is 17.3 Å². The van der Waals surface area contributed by atoms with Crippen LogP contribution in [0.5, 0.6) is 0 Å². The van der Waals surface area contributed by atoms with E-state index in [0.29, 0.717) is 17.3 Å². The topological polar surface area (TPSA) is 20.3 Å². The highest BCUT2D eigenvalue weighted by atomic mass is 16.2. The van der Waals surface area contributed by atoms with Crippen LogP contribution in [0.4, 0.5) is 0 Å². The summed E-state index contributed by atoms with van der Waals surface area (Å²) in [5, 5.41) is 0. The Hall–Kier alpha value is -2.09. The van der Waals surface area contributed by atoms with Gasteiger partial charge in [-0.15, -0.1) is 0 Å². The van der Waals surface area contributed by atoms with Crippen LogP contribution >= 0.6 is 0 Å². The molecule has 0 radical (unpaired) electrons. The molecular formula is C21H23NO. The van der Waals surface area contributed by atoms with Crippen molar-refractivity contribution in [3.05, 3.63) is 71.3 Å². The van der Waals surface area contributed by atoms with E-state index in [1.54, 1.807) is 0 Å². The van der Waals surface area contributed by atoms with Crippen molar-refractivity contribution in [3.8, 4) is 0 Å². The maximum absolute atomic E-state index is 13.0. The van der Waals surface area contributed by atoms with Crippen molar-refractivity contribution in [2.45, 2.75) is 20.3 Å². The van der Waals surface area contributed by atoms with Gasteiger partial charge in [-0.05, 0) is 40.9 Å². The van der Waals surface area contributed by atoms with E-state index in [0.717, 1.165) is 30.6 Å². The minimum Gasteiger partial charge on any atom is -0.338 e. The minimum absolute atomic E-state index is 0.208. The summed E-state index contributed by atoms with van der Waals surface area (Å²) in [6.07, 6.45) is 0.814. The van der Waals surface area contributed by atoms with E-state index < -0.39 is 0 Å². The quantitative estimate of drug-likeness (QED) is 0.839. The van der Waals surface area contributed by atoms with Crippen molar-refractivity contribution >= 4 is 5.91 Å². The van der Waals surface area contributed by atoms with Crippen LogP contribution in [0, 0.1) is 17.3 Å². The number of rotatable bonds is 3. The molecule has 2 aliphatic rings. The number of hydrogen-bond acceptors (Lipinski definition) is 1. The second kappa shape index (κ2) is 5.23. The lowest BCUT2D eigenvalue weighted by Crippen LogP contribution is -2.33. The Morgan fingerprint density at radius 2 is 1.61 bits per heavy atom. The van der Waals surface area contributed by atoms with Gasteiger partial charge in [0, 0.05) is 18.7 Å². The van der Waals surface area contributed by atoms with E-state index in [1.807, 2.05) is 24.3 Å². The van der Waals surface area contributed by atoms with Gasteiger partial charge in [-0.1, -0.05) is 62.4 Å². The predicted octanol–water partition coefficient (Wildman–Crippen LogP) is 4.01. The fourth-order valence-corrected chi connectivity index (χ4v) is 4.17. The van der Waals surface area contributed by atoms with Crippen molar-refractivity contribution in [2.75, 3.05) is 13.1 Å². The lowest BCUT2D eigenvalue weighted by atomic mass is 9.98. The summed E-state index contributed by atoms with van der Waals surface area (Å²) in [6.45, 7) is 6.51. The molecule has 2 aromatic carbocycles. The molecular weight excluding hydrogens is 282 g/mol. The van der Waals surface area contributed by atoms with E-state index >= 15 is 0 Å². The van der Waals surface area contributed by atoms with E-state index in [9.17, 15) is 4.79 Å². The first-order valence-electron chi connectivity index (χ1n) is 8.48. The zero-order chi connectivity index (χ0) is 16.0. The molecule has 1 saturated heterocycles. The monoisotopic (exact) mass is 305 g/mol. The zero-order valence-corrected chi connectivity index (χ0v) is 13.8. The minimum atomic E-state index is 0.208. The molecule has 0 bridgehead atoms. The molecule has 118 valence electrons. The molecule has 1 saturated carbocycles. The molecule has 2 fully saturated rings. The Bertz CT molecular complexity index is 721. The SMILES string of the molecule is CC1(C)C2CN(C(=O)c3ccccc3Cc3ccccc3)CC21. The highest BCUT2D eigenvalue weighted by Crippen LogP contribution is 2.62. The molecule has 1 amide bonds. The number of fused-ring (bicyclic) bond motifs is 1. The second-order valence-corrected chi connectivity index (χ2v) is 7.56. The lowest BCUT2D eigenvalue weighted by Gasteiger charge is -2.23. The Kier molecular flexibility index (Phi) is 3.29. The molecule has 1 aliphatic heterocycles. The van der Waals surface area contributed by atoms with Crippen LogP contribution in [0.1, 0.15) is 35.3 Å². The van der Waals surface area contributed by atoms with Gasteiger partial charge in [0.1, 0.15) is 0 Å². The number of amides is 1. The molecule has 1 aliphatic carbocycles. The van der Waals surface area contributed by atoms with E-state index in [2.05, 4.69) is 49.1 Å². The van der Waals surface area contributed by atoms with Gasteiger partial charge in [0.25, 0.3) is 5.91 Å². The van der Waals surface area contributed by atoms with Gasteiger partial charge in [-0.2, -0.15) is 0 Å². The van der Waals surface area contributed by atoms with Gasteiger partial charge in [0.05, 0.1) is 0 Å². The smallest absolute Gasteiger partial charge is 0.254 e. The first kappa shape index (κ1) is 14.5. The Morgan fingerprint density at radius 1 is 1.00 bits per heavy atom. The van der Waals surface area contributed by atoms with Crippen LogP contribution in [0.25, 0.3) is 0 Å². The van der Waals surface area contributed by atoms with Crippen LogP contribution in [0.15, 0.2) is 54.6 Å². The van der Waals surface area contributed by atoms with Gasteiger partial charge < -0.3 is 4.90 Å². The molecule has 23 heavy (non-hydrogen) atoms. The third kappa shape index (κ3) is 2.46. The summed E-state index contributed by atoms with van der Waals surface area (Å²) in [7, 11) is 0. The van der Waals surface area contributed by atoms with Crippen molar-refractivity contribution in [1.29, 1.82) is 0 Å². The Labute approximate surface area is 138 Å².